The van der Waals surface area contributed by atoms with E-state index in [1.54, 1.807) is 48.0 Å². The molecule has 0 atom stereocenters. The lowest BCUT2D eigenvalue weighted by Gasteiger charge is -2.08. The Labute approximate surface area is 162 Å². The average molecular weight is 402 g/mol. The first-order valence-corrected chi connectivity index (χ1v) is 10.7. The number of sulfonamides is 1. The predicted molar refractivity (Wildman–Crippen MR) is 106 cm³/mol. The topological polar surface area (TPSA) is 88.2 Å². The Bertz CT molecular complexity index is 971. The van der Waals surface area contributed by atoms with Crippen molar-refractivity contribution in [2.24, 2.45) is 0 Å². The predicted octanol–water partition coefficient (Wildman–Crippen LogP) is 2.85. The largest absolute Gasteiger partial charge is 0.355 e. The summed E-state index contributed by atoms with van der Waals surface area (Å²) in [7, 11) is -3.56. The fourth-order valence-electron chi connectivity index (χ4n) is 2.44. The minimum Gasteiger partial charge on any atom is -0.355 e. The van der Waals surface area contributed by atoms with Gasteiger partial charge in [0.1, 0.15) is 4.21 Å². The first-order chi connectivity index (χ1) is 13.0. The molecule has 6 nitrogen and oxygen atoms in total. The van der Waals surface area contributed by atoms with Crippen LogP contribution in [-0.4, -0.2) is 25.9 Å². The second kappa shape index (κ2) is 8.79. The summed E-state index contributed by atoms with van der Waals surface area (Å²) in [5.74, 6) is -0.0853. The lowest BCUT2D eigenvalue weighted by atomic mass is 10.1. The van der Waals surface area contributed by atoms with Gasteiger partial charge in [0, 0.05) is 30.5 Å². The summed E-state index contributed by atoms with van der Waals surface area (Å²) in [6, 6.07) is 15.7. The number of aromatic nitrogens is 1. The van der Waals surface area contributed by atoms with Gasteiger partial charge in [0.2, 0.25) is 5.91 Å². The van der Waals surface area contributed by atoms with Crippen LogP contribution in [0.25, 0.3) is 0 Å². The number of hydrogen-bond donors (Lipinski definition) is 2. The average Bonchev–Trinajstić information content (AvgIpc) is 3.20. The molecule has 0 aliphatic rings. The van der Waals surface area contributed by atoms with Crippen molar-refractivity contribution in [2.45, 2.75) is 17.1 Å². The summed E-state index contributed by atoms with van der Waals surface area (Å²) in [4.78, 5) is 16.2. The fraction of sp³-hybridized carbons (Fsp3) is 0.158. The van der Waals surface area contributed by atoms with Crippen LogP contribution in [0.2, 0.25) is 0 Å². The van der Waals surface area contributed by atoms with E-state index in [2.05, 4.69) is 15.0 Å². The normalized spacial score (nSPS) is 11.1. The van der Waals surface area contributed by atoms with Crippen molar-refractivity contribution in [1.29, 1.82) is 0 Å². The second-order valence-electron chi connectivity index (χ2n) is 5.83. The van der Waals surface area contributed by atoms with Crippen molar-refractivity contribution in [3.8, 4) is 0 Å². The van der Waals surface area contributed by atoms with Gasteiger partial charge >= 0.3 is 0 Å². The summed E-state index contributed by atoms with van der Waals surface area (Å²) in [6.45, 7) is 0.522. The molecule has 140 valence electrons. The maximum absolute atomic E-state index is 12.2. The van der Waals surface area contributed by atoms with Crippen molar-refractivity contribution in [1.82, 2.24) is 10.3 Å². The van der Waals surface area contributed by atoms with E-state index in [1.165, 1.54) is 0 Å². The molecular weight excluding hydrogens is 382 g/mol. The minimum atomic E-state index is -3.56. The van der Waals surface area contributed by atoms with Crippen LogP contribution in [0.5, 0.6) is 0 Å². The molecule has 8 heteroatoms. The van der Waals surface area contributed by atoms with Crippen molar-refractivity contribution in [3.05, 3.63) is 77.4 Å². The smallest absolute Gasteiger partial charge is 0.271 e. The third kappa shape index (κ3) is 5.63. The molecule has 0 aliphatic heterocycles. The van der Waals surface area contributed by atoms with Gasteiger partial charge in [-0.05, 0) is 41.3 Å². The van der Waals surface area contributed by atoms with Crippen LogP contribution in [-0.2, 0) is 27.7 Å². The highest BCUT2D eigenvalue weighted by Gasteiger charge is 2.15. The SMILES string of the molecule is O=C(Cc1ccc(NS(=O)(=O)c2cccs2)cc1)NCCc1ccccn1. The number of rotatable bonds is 8. The molecule has 0 bridgehead atoms. The molecule has 0 spiro atoms. The Kier molecular flexibility index (Phi) is 6.20. The van der Waals surface area contributed by atoms with Gasteiger partial charge < -0.3 is 5.32 Å². The zero-order chi connectivity index (χ0) is 19.1. The zero-order valence-electron chi connectivity index (χ0n) is 14.5. The minimum absolute atomic E-state index is 0.0853. The van der Waals surface area contributed by atoms with Crippen LogP contribution < -0.4 is 10.0 Å². The Morgan fingerprint density at radius 1 is 1.04 bits per heavy atom. The maximum Gasteiger partial charge on any atom is 0.271 e. The van der Waals surface area contributed by atoms with Gasteiger partial charge in [0.25, 0.3) is 10.0 Å². The molecule has 0 saturated carbocycles. The number of benzene rings is 1. The van der Waals surface area contributed by atoms with Crippen LogP contribution >= 0.6 is 11.3 Å². The van der Waals surface area contributed by atoms with Crippen LogP contribution in [0, 0.1) is 0 Å². The molecule has 0 radical (unpaired) electrons. The zero-order valence-corrected chi connectivity index (χ0v) is 16.1. The van der Waals surface area contributed by atoms with Gasteiger partial charge in [0.15, 0.2) is 0 Å². The molecule has 0 aliphatic carbocycles. The molecule has 27 heavy (non-hydrogen) atoms. The Morgan fingerprint density at radius 2 is 1.85 bits per heavy atom. The van der Waals surface area contributed by atoms with Crippen LogP contribution in [0.15, 0.2) is 70.4 Å². The molecule has 3 rings (SSSR count). The van der Waals surface area contributed by atoms with E-state index in [-0.39, 0.29) is 16.5 Å². The third-order valence-corrected chi connectivity index (χ3v) is 6.54. The first-order valence-electron chi connectivity index (χ1n) is 8.35. The molecule has 2 N–H and O–H groups in total. The number of anilines is 1. The standard InChI is InChI=1S/C19H19N3O3S2/c23-18(21-12-10-16-4-1-2-11-20-16)14-15-6-8-17(9-7-15)22-27(24,25)19-5-3-13-26-19/h1-9,11,13,22H,10,12,14H2,(H,21,23). The van der Waals surface area contributed by atoms with E-state index < -0.39 is 10.0 Å². The lowest BCUT2D eigenvalue weighted by molar-refractivity contribution is -0.120. The van der Waals surface area contributed by atoms with Crippen LogP contribution in [0.4, 0.5) is 5.69 Å². The molecule has 2 aromatic heterocycles. The lowest BCUT2D eigenvalue weighted by Crippen LogP contribution is -2.27. The number of nitrogens with one attached hydrogen (secondary N) is 2. The van der Waals surface area contributed by atoms with E-state index in [9.17, 15) is 13.2 Å². The molecule has 3 aromatic rings. The van der Waals surface area contributed by atoms with Gasteiger partial charge in [-0.2, -0.15) is 0 Å². The van der Waals surface area contributed by atoms with E-state index in [4.69, 9.17) is 0 Å². The summed E-state index contributed by atoms with van der Waals surface area (Å²) in [5, 5.41) is 4.57. The molecule has 0 fully saturated rings. The second-order valence-corrected chi connectivity index (χ2v) is 8.69. The number of amides is 1. The summed E-state index contributed by atoms with van der Waals surface area (Å²) in [6.07, 6.45) is 2.64. The molecule has 2 heterocycles. The van der Waals surface area contributed by atoms with Gasteiger partial charge in [-0.15, -0.1) is 11.3 Å². The first kappa shape index (κ1) is 19.1. The van der Waals surface area contributed by atoms with Crippen molar-refractivity contribution < 1.29 is 13.2 Å². The summed E-state index contributed by atoms with van der Waals surface area (Å²) in [5.41, 5.74) is 2.20. The van der Waals surface area contributed by atoms with Gasteiger partial charge in [-0.3, -0.25) is 14.5 Å². The Hall–Kier alpha value is -2.71. The molecule has 0 unspecified atom stereocenters. The van der Waals surface area contributed by atoms with Crippen LogP contribution in [0.3, 0.4) is 0 Å². The molecular formula is C19H19N3O3S2. The number of carbonyl (C=O) groups excluding carboxylic acids is 1. The number of nitrogens with zero attached hydrogens (tertiary/aromatic N) is 1. The summed E-state index contributed by atoms with van der Waals surface area (Å²) >= 11 is 1.16. The van der Waals surface area contributed by atoms with Gasteiger partial charge in [0.05, 0.1) is 6.42 Å². The number of pyridine rings is 1. The number of carbonyl (C=O) groups is 1. The van der Waals surface area contributed by atoms with Crippen molar-refractivity contribution >= 4 is 33.0 Å². The van der Waals surface area contributed by atoms with E-state index >= 15 is 0 Å². The molecule has 0 saturated heterocycles. The van der Waals surface area contributed by atoms with E-state index in [0.29, 0.717) is 18.7 Å². The van der Waals surface area contributed by atoms with Crippen LogP contribution in [0.1, 0.15) is 11.3 Å². The molecule has 1 amide bonds. The quantitative estimate of drug-likeness (QED) is 0.608. The highest BCUT2D eigenvalue weighted by molar-refractivity contribution is 7.94. The monoisotopic (exact) mass is 401 g/mol. The third-order valence-electron chi connectivity index (χ3n) is 3.76. The number of hydrogen-bond acceptors (Lipinski definition) is 5. The highest BCUT2D eigenvalue weighted by atomic mass is 32.2. The van der Waals surface area contributed by atoms with E-state index in [1.807, 2.05) is 18.2 Å². The van der Waals surface area contributed by atoms with E-state index in [0.717, 1.165) is 22.6 Å². The number of thiophene rings is 1. The highest BCUT2D eigenvalue weighted by Crippen LogP contribution is 2.20. The fourth-order valence-corrected chi connectivity index (χ4v) is 4.49. The van der Waals surface area contributed by atoms with Crippen molar-refractivity contribution in [2.75, 3.05) is 11.3 Å². The van der Waals surface area contributed by atoms with Gasteiger partial charge in [-0.1, -0.05) is 24.3 Å². The Morgan fingerprint density at radius 3 is 2.52 bits per heavy atom. The summed E-state index contributed by atoms with van der Waals surface area (Å²) < 4.78 is 27.2. The van der Waals surface area contributed by atoms with Gasteiger partial charge in [-0.25, -0.2) is 8.42 Å². The Balaban J connectivity index is 1.49. The maximum atomic E-state index is 12.2. The molecule has 1 aromatic carbocycles. The van der Waals surface area contributed by atoms with Crippen molar-refractivity contribution in [3.63, 3.8) is 0 Å².